The van der Waals surface area contributed by atoms with E-state index in [1.54, 1.807) is 0 Å². The summed E-state index contributed by atoms with van der Waals surface area (Å²) in [6.07, 6.45) is 2.34. The number of aryl methyl sites for hydroxylation is 1. The molecule has 0 spiro atoms. The number of rotatable bonds is 5. The SMILES string of the molecule is Cc1ccccc1C1(CNC(=O)N2CCN(Cc3ccccc3)CC2)CC1. The number of nitrogens with one attached hydrogen (secondary N) is 1. The van der Waals surface area contributed by atoms with Crippen LogP contribution in [0.4, 0.5) is 4.79 Å². The number of hydrogen-bond acceptors (Lipinski definition) is 2. The van der Waals surface area contributed by atoms with E-state index in [2.05, 4.69) is 71.7 Å². The average molecular weight is 364 g/mol. The standard InChI is InChI=1S/C23H29N3O/c1-19-7-5-6-10-21(19)23(11-12-23)18-24-22(27)26-15-13-25(14-16-26)17-20-8-3-2-4-9-20/h2-10H,11-18H2,1H3,(H,24,27). The van der Waals surface area contributed by atoms with Crippen molar-refractivity contribution in [3.63, 3.8) is 0 Å². The van der Waals surface area contributed by atoms with Crippen molar-refractivity contribution in [1.29, 1.82) is 0 Å². The zero-order valence-corrected chi connectivity index (χ0v) is 16.2. The lowest BCUT2D eigenvalue weighted by Crippen LogP contribution is -2.52. The van der Waals surface area contributed by atoms with Gasteiger partial charge in [0, 0.05) is 44.7 Å². The van der Waals surface area contributed by atoms with E-state index in [1.807, 2.05) is 4.90 Å². The third-order valence-corrected chi connectivity index (χ3v) is 6.06. The maximum Gasteiger partial charge on any atom is 0.317 e. The average Bonchev–Trinajstić information content (AvgIpc) is 3.49. The zero-order chi connectivity index (χ0) is 18.7. The van der Waals surface area contributed by atoms with Gasteiger partial charge in [-0.25, -0.2) is 4.79 Å². The third kappa shape index (κ3) is 4.16. The highest BCUT2D eigenvalue weighted by molar-refractivity contribution is 5.74. The van der Waals surface area contributed by atoms with Crippen LogP contribution in [0.1, 0.15) is 29.5 Å². The van der Waals surface area contributed by atoms with Crippen LogP contribution in [-0.2, 0) is 12.0 Å². The van der Waals surface area contributed by atoms with Crippen LogP contribution >= 0.6 is 0 Å². The van der Waals surface area contributed by atoms with E-state index in [0.717, 1.165) is 39.3 Å². The number of carbonyl (C=O) groups is 1. The van der Waals surface area contributed by atoms with Crippen LogP contribution in [-0.4, -0.2) is 48.6 Å². The van der Waals surface area contributed by atoms with Gasteiger partial charge < -0.3 is 10.2 Å². The highest BCUT2D eigenvalue weighted by Gasteiger charge is 2.45. The highest BCUT2D eigenvalue weighted by Crippen LogP contribution is 2.48. The molecule has 1 aliphatic heterocycles. The Morgan fingerprint density at radius 1 is 0.963 bits per heavy atom. The number of urea groups is 1. The molecule has 1 heterocycles. The lowest BCUT2D eigenvalue weighted by Gasteiger charge is -2.35. The topological polar surface area (TPSA) is 35.6 Å². The molecule has 0 bridgehead atoms. The minimum Gasteiger partial charge on any atom is -0.337 e. The summed E-state index contributed by atoms with van der Waals surface area (Å²) < 4.78 is 0. The molecule has 0 unspecified atom stereocenters. The van der Waals surface area contributed by atoms with Gasteiger partial charge in [-0.05, 0) is 36.5 Å². The Bertz CT molecular complexity index is 777. The Morgan fingerprint density at radius 3 is 2.30 bits per heavy atom. The number of hydrogen-bond donors (Lipinski definition) is 1. The first kappa shape index (κ1) is 18.1. The largest absolute Gasteiger partial charge is 0.337 e. The second-order valence-corrected chi connectivity index (χ2v) is 8.00. The van der Waals surface area contributed by atoms with Crippen LogP contribution in [0, 0.1) is 6.92 Å². The molecule has 142 valence electrons. The van der Waals surface area contributed by atoms with Crippen molar-refractivity contribution >= 4 is 6.03 Å². The number of amides is 2. The molecule has 1 N–H and O–H groups in total. The van der Waals surface area contributed by atoms with Gasteiger partial charge >= 0.3 is 6.03 Å². The molecule has 27 heavy (non-hydrogen) atoms. The Kier molecular flexibility index (Phi) is 5.17. The molecule has 0 aromatic heterocycles. The van der Waals surface area contributed by atoms with E-state index in [-0.39, 0.29) is 11.4 Å². The van der Waals surface area contributed by atoms with Crippen molar-refractivity contribution in [3.8, 4) is 0 Å². The predicted molar refractivity (Wildman–Crippen MR) is 109 cm³/mol. The molecule has 0 atom stereocenters. The van der Waals surface area contributed by atoms with Gasteiger partial charge in [0.15, 0.2) is 0 Å². The fourth-order valence-corrected chi connectivity index (χ4v) is 4.17. The third-order valence-electron chi connectivity index (χ3n) is 6.06. The summed E-state index contributed by atoms with van der Waals surface area (Å²) in [7, 11) is 0. The quantitative estimate of drug-likeness (QED) is 0.882. The molecular weight excluding hydrogens is 334 g/mol. The smallest absolute Gasteiger partial charge is 0.317 e. The van der Waals surface area contributed by atoms with Gasteiger partial charge in [-0.3, -0.25) is 4.90 Å². The van der Waals surface area contributed by atoms with Gasteiger partial charge in [-0.2, -0.15) is 0 Å². The Hall–Kier alpha value is -2.33. The fraction of sp³-hybridized carbons (Fsp3) is 0.435. The van der Waals surface area contributed by atoms with Gasteiger partial charge in [-0.15, -0.1) is 0 Å². The van der Waals surface area contributed by atoms with Crippen LogP contribution < -0.4 is 5.32 Å². The molecule has 4 heteroatoms. The van der Waals surface area contributed by atoms with Crippen molar-refractivity contribution < 1.29 is 4.79 Å². The van der Waals surface area contributed by atoms with Crippen molar-refractivity contribution in [3.05, 3.63) is 71.3 Å². The molecule has 1 saturated heterocycles. The van der Waals surface area contributed by atoms with Crippen LogP contribution in [0.5, 0.6) is 0 Å². The Morgan fingerprint density at radius 2 is 1.63 bits per heavy atom. The summed E-state index contributed by atoms with van der Waals surface area (Å²) in [6.45, 7) is 7.36. The van der Waals surface area contributed by atoms with Gasteiger partial charge in [0.2, 0.25) is 0 Å². The van der Waals surface area contributed by atoms with E-state index >= 15 is 0 Å². The fourth-order valence-electron chi connectivity index (χ4n) is 4.17. The molecule has 2 aliphatic rings. The first-order valence-corrected chi connectivity index (χ1v) is 10.0. The molecule has 2 amide bonds. The van der Waals surface area contributed by atoms with E-state index < -0.39 is 0 Å². The van der Waals surface area contributed by atoms with Gasteiger partial charge in [-0.1, -0.05) is 54.6 Å². The Labute approximate surface area is 162 Å². The molecule has 0 radical (unpaired) electrons. The maximum absolute atomic E-state index is 12.7. The summed E-state index contributed by atoms with van der Waals surface area (Å²) in [5.74, 6) is 0. The lowest BCUT2D eigenvalue weighted by molar-refractivity contribution is 0.135. The highest BCUT2D eigenvalue weighted by atomic mass is 16.2. The van der Waals surface area contributed by atoms with Gasteiger partial charge in [0.25, 0.3) is 0 Å². The van der Waals surface area contributed by atoms with Crippen LogP contribution in [0.3, 0.4) is 0 Å². The zero-order valence-electron chi connectivity index (χ0n) is 16.2. The molecule has 2 fully saturated rings. The van der Waals surface area contributed by atoms with Crippen LogP contribution in [0.2, 0.25) is 0 Å². The molecule has 1 saturated carbocycles. The number of benzene rings is 2. The second-order valence-electron chi connectivity index (χ2n) is 8.00. The van der Waals surface area contributed by atoms with Crippen LogP contribution in [0.25, 0.3) is 0 Å². The van der Waals surface area contributed by atoms with Crippen molar-refractivity contribution in [1.82, 2.24) is 15.1 Å². The molecule has 2 aromatic carbocycles. The molecule has 2 aromatic rings. The van der Waals surface area contributed by atoms with E-state index in [4.69, 9.17) is 0 Å². The molecular formula is C23H29N3O. The van der Waals surface area contributed by atoms with Crippen LogP contribution in [0.15, 0.2) is 54.6 Å². The maximum atomic E-state index is 12.7. The first-order chi connectivity index (χ1) is 13.2. The molecule has 4 nitrogen and oxygen atoms in total. The van der Waals surface area contributed by atoms with E-state index in [9.17, 15) is 4.79 Å². The van der Waals surface area contributed by atoms with Crippen molar-refractivity contribution in [2.24, 2.45) is 0 Å². The van der Waals surface area contributed by atoms with Crippen molar-refractivity contribution in [2.45, 2.75) is 31.7 Å². The monoisotopic (exact) mass is 363 g/mol. The lowest BCUT2D eigenvalue weighted by atomic mass is 9.92. The Balaban J connectivity index is 1.26. The number of nitrogens with zero attached hydrogens (tertiary/aromatic N) is 2. The van der Waals surface area contributed by atoms with Gasteiger partial charge in [0.05, 0.1) is 0 Å². The van der Waals surface area contributed by atoms with E-state index in [1.165, 1.54) is 29.5 Å². The van der Waals surface area contributed by atoms with E-state index in [0.29, 0.717) is 0 Å². The molecule has 1 aliphatic carbocycles. The summed E-state index contributed by atoms with van der Waals surface area (Å²) in [4.78, 5) is 17.0. The van der Waals surface area contributed by atoms with Gasteiger partial charge in [0.1, 0.15) is 0 Å². The predicted octanol–water partition coefficient (Wildman–Crippen LogP) is 3.55. The minimum atomic E-state index is 0.0919. The number of carbonyl (C=O) groups excluding carboxylic acids is 1. The minimum absolute atomic E-state index is 0.0919. The normalized spacial score (nSPS) is 18.9. The summed E-state index contributed by atoms with van der Waals surface area (Å²) in [5, 5.41) is 3.21. The summed E-state index contributed by atoms with van der Waals surface area (Å²) in [6, 6.07) is 19.2. The molecule has 4 rings (SSSR count). The summed E-state index contributed by atoms with van der Waals surface area (Å²) in [5.41, 5.74) is 4.23. The van der Waals surface area contributed by atoms with Crippen molar-refractivity contribution in [2.75, 3.05) is 32.7 Å². The summed E-state index contributed by atoms with van der Waals surface area (Å²) >= 11 is 0. The first-order valence-electron chi connectivity index (χ1n) is 10.0. The second kappa shape index (κ2) is 7.73. The number of piperazine rings is 1.